The monoisotopic (exact) mass is 534 g/mol. The second kappa shape index (κ2) is 11.1. The Morgan fingerprint density at radius 1 is 0.882 bits per heavy atom. The molecule has 0 aromatic rings. The number of carbonyl (C=O) groups is 1. The second-order valence-corrected chi connectivity index (χ2v) is 14.0. The smallest absolute Gasteiger partial charge is 0.155 e. The highest BCUT2D eigenvalue weighted by atomic mass is 79.9. The number of aliphatic hydroxyl groups is 1. The molecule has 0 saturated heterocycles. The molecule has 0 aromatic heterocycles. The van der Waals surface area contributed by atoms with Gasteiger partial charge in [0.25, 0.3) is 0 Å². The van der Waals surface area contributed by atoms with Crippen LogP contribution in [0.3, 0.4) is 0 Å². The zero-order valence-corrected chi connectivity index (χ0v) is 23.9. The highest BCUT2D eigenvalue weighted by Crippen LogP contribution is 2.69. The van der Waals surface area contributed by atoms with Crippen molar-refractivity contribution >= 4 is 21.7 Å². The first kappa shape index (κ1) is 26.9. The van der Waals surface area contributed by atoms with E-state index < -0.39 is 5.60 Å². The number of allylic oxidation sites excluding steroid dienone is 1. The van der Waals surface area contributed by atoms with Crippen molar-refractivity contribution in [2.24, 2.45) is 34.5 Å². The second-order valence-electron chi connectivity index (χ2n) is 13.2. The largest absolute Gasteiger partial charge is 0.390 e. The van der Waals surface area contributed by atoms with Gasteiger partial charge in [0.2, 0.25) is 0 Å². The molecule has 194 valence electrons. The van der Waals surface area contributed by atoms with Crippen LogP contribution in [0.2, 0.25) is 0 Å². The number of hydrogen-bond acceptors (Lipinski definition) is 2. The third-order valence-corrected chi connectivity index (χ3v) is 12.0. The van der Waals surface area contributed by atoms with Crippen molar-refractivity contribution in [1.82, 2.24) is 0 Å². The average Bonchev–Trinajstić information content (AvgIpc) is 3.05. The van der Waals surface area contributed by atoms with Gasteiger partial charge in [0.15, 0.2) is 5.78 Å². The van der Waals surface area contributed by atoms with Crippen LogP contribution in [0.5, 0.6) is 0 Å². The van der Waals surface area contributed by atoms with Crippen LogP contribution in [0.4, 0.5) is 0 Å². The van der Waals surface area contributed by atoms with E-state index in [4.69, 9.17) is 0 Å². The van der Waals surface area contributed by atoms with E-state index in [1.54, 1.807) is 0 Å². The number of ketones is 1. The number of hydrogen-bond donors (Lipinski definition) is 1. The van der Waals surface area contributed by atoms with Gasteiger partial charge in [-0.1, -0.05) is 86.7 Å². The summed E-state index contributed by atoms with van der Waals surface area (Å²) in [6.45, 7) is 7.03. The van der Waals surface area contributed by atoms with Crippen molar-refractivity contribution < 1.29 is 9.90 Å². The molecule has 3 fully saturated rings. The normalized spacial score (nSPS) is 41.6. The number of alkyl halides is 1. The quantitative estimate of drug-likeness (QED) is 0.212. The summed E-state index contributed by atoms with van der Waals surface area (Å²) in [5.41, 5.74) is 1.27. The minimum Gasteiger partial charge on any atom is -0.390 e. The molecule has 7 atom stereocenters. The summed E-state index contributed by atoms with van der Waals surface area (Å²) in [5.74, 6) is 3.17. The van der Waals surface area contributed by atoms with Crippen LogP contribution in [-0.2, 0) is 4.79 Å². The van der Waals surface area contributed by atoms with Crippen LogP contribution in [0.15, 0.2) is 11.6 Å². The molecule has 0 spiro atoms. The van der Waals surface area contributed by atoms with Crippen LogP contribution in [0.25, 0.3) is 0 Å². The van der Waals surface area contributed by atoms with Gasteiger partial charge in [0, 0.05) is 11.8 Å². The zero-order valence-electron chi connectivity index (χ0n) is 22.3. The SMILES string of the molecule is C[C@]12CCC(=O)C=C1CC(CCCCCCCCCCCBr)C1C2CC[C@@]2(C)C1CC[C@]2(C)O. The maximum Gasteiger partial charge on any atom is 0.155 e. The standard InChI is InChI=1S/C31H51BrO2/c1-29-17-14-25(33)22-24(29)21-23(13-11-9-7-5-4-6-8-10-12-20-32)28-26(29)15-18-30(2)27(28)16-19-31(30,3)34/h22-23,26-28,34H,4-21H2,1-3H3/t23?,26?,27?,28?,29-,30-,31-/m0/s1. The van der Waals surface area contributed by atoms with Crippen molar-refractivity contribution in [3.8, 4) is 0 Å². The number of halogens is 1. The molecule has 3 saturated carbocycles. The Balaban J connectivity index is 1.39. The Kier molecular flexibility index (Phi) is 8.76. The molecule has 0 amide bonds. The van der Waals surface area contributed by atoms with Gasteiger partial charge in [-0.25, -0.2) is 0 Å². The molecular formula is C31H51BrO2. The van der Waals surface area contributed by atoms with E-state index >= 15 is 0 Å². The van der Waals surface area contributed by atoms with Crippen LogP contribution in [0, 0.1) is 34.5 Å². The molecular weight excluding hydrogens is 484 g/mol. The van der Waals surface area contributed by atoms with E-state index in [9.17, 15) is 9.90 Å². The topological polar surface area (TPSA) is 37.3 Å². The van der Waals surface area contributed by atoms with Gasteiger partial charge in [0.05, 0.1) is 5.60 Å². The zero-order chi connectivity index (χ0) is 24.4. The van der Waals surface area contributed by atoms with Gasteiger partial charge < -0.3 is 5.11 Å². The lowest BCUT2D eigenvalue weighted by Crippen LogP contribution is -2.56. The van der Waals surface area contributed by atoms with Gasteiger partial charge in [0.1, 0.15) is 0 Å². The number of fused-ring (bicyclic) bond motifs is 5. The van der Waals surface area contributed by atoms with Gasteiger partial charge in [-0.05, 0) is 98.9 Å². The van der Waals surface area contributed by atoms with Gasteiger partial charge in [-0.15, -0.1) is 0 Å². The van der Waals surface area contributed by atoms with Gasteiger partial charge in [-0.3, -0.25) is 4.79 Å². The molecule has 4 unspecified atom stereocenters. The number of rotatable bonds is 11. The Morgan fingerprint density at radius 2 is 1.50 bits per heavy atom. The summed E-state index contributed by atoms with van der Waals surface area (Å²) in [4.78, 5) is 12.4. The van der Waals surface area contributed by atoms with Crippen molar-refractivity contribution in [2.75, 3.05) is 5.33 Å². The summed E-state index contributed by atoms with van der Waals surface area (Å²) in [6, 6.07) is 0. The van der Waals surface area contributed by atoms with E-state index in [1.807, 2.05) is 0 Å². The fraction of sp³-hybridized carbons (Fsp3) is 0.903. The fourth-order valence-electron chi connectivity index (χ4n) is 8.98. The van der Waals surface area contributed by atoms with Crippen LogP contribution in [0.1, 0.15) is 130 Å². The minimum absolute atomic E-state index is 0.0727. The van der Waals surface area contributed by atoms with E-state index in [0.717, 1.165) is 43.4 Å². The van der Waals surface area contributed by atoms with Crippen LogP contribution >= 0.6 is 15.9 Å². The Hall–Kier alpha value is -0.150. The van der Waals surface area contributed by atoms with E-state index in [1.165, 1.54) is 82.6 Å². The summed E-state index contributed by atoms with van der Waals surface area (Å²) in [7, 11) is 0. The number of carbonyl (C=O) groups excluding carboxylic acids is 1. The molecule has 3 heteroatoms. The molecule has 4 aliphatic rings. The highest BCUT2D eigenvalue weighted by molar-refractivity contribution is 9.09. The molecule has 4 rings (SSSR count). The maximum atomic E-state index is 12.4. The lowest BCUT2D eigenvalue weighted by atomic mass is 9.44. The third kappa shape index (κ3) is 5.13. The van der Waals surface area contributed by atoms with Gasteiger partial charge >= 0.3 is 0 Å². The molecule has 4 aliphatic carbocycles. The fourth-order valence-corrected chi connectivity index (χ4v) is 9.38. The summed E-state index contributed by atoms with van der Waals surface area (Å²) in [5, 5.41) is 12.5. The maximum absolute atomic E-state index is 12.4. The number of unbranched alkanes of at least 4 members (excludes halogenated alkanes) is 8. The molecule has 0 heterocycles. The van der Waals surface area contributed by atoms with Crippen molar-refractivity contribution in [3.63, 3.8) is 0 Å². The Labute approximate surface area is 218 Å². The lowest BCUT2D eigenvalue weighted by molar-refractivity contribution is -0.135. The predicted octanol–water partition coefficient (Wildman–Crippen LogP) is 8.79. The molecule has 1 N–H and O–H groups in total. The molecule has 0 aromatic carbocycles. The van der Waals surface area contributed by atoms with E-state index in [2.05, 4.69) is 42.8 Å². The van der Waals surface area contributed by atoms with Crippen LogP contribution in [-0.4, -0.2) is 21.8 Å². The van der Waals surface area contributed by atoms with E-state index in [-0.39, 0.29) is 10.8 Å². The molecule has 0 aliphatic heterocycles. The third-order valence-electron chi connectivity index (χ3n) is 11.4. The highest BCUT2D eigenvalue weighted by Gasteiger charge is 2.64. The van der Waals surface area contributed by atoms with Gasteiger partial charge in [-0.2, -0.15) is 0 Å². The molecule has 0 radical (unpaired) electrons. The van der Waals surface area contributed by atoms with Crippen molar-refractivity contribution in [3.05, 3.63) is 11.6 Å². The predicted molar refractivity (Wildman–Crippen MR) is 146 cm³/mol. The molecule has 34 heavy (non-hydrogen) atoms. The molecule has 2 nitrogen and oxygen atoms in total. The Bertz CT molecular complexity index is 742. The summed E-state index contributed by atoms with van der Waals surface area (Å²) in [6.07, 6.45) is 23.3. The average molecular weight is 536 g/mol. The van der Waals surface area contributed by atoms with E-state index in [0.29, 0.717) is 23.5 Å². The molecule has 0 bridgehead atoms. The summed E-state index contributed by atoms with van der Waals surface area (Å²) >= 11 is 3.53. The first-order chi connectivity index (χ1) is 16.2. The van der Waals surface area contributed by atoms with Crippen LogP contribution < -0.4 is 0 Å². The summed E-state index contributed by atoms with van der Waals surface area (Å²) < 4.78 is 0. The first-order valence-corrected chi connectivity index (χ1v) is 15.9. The Morgan fingerprint density at radius 3 is 2.18 bits per heavy atom. The first-order valence-electron chi connectivity index (χ1n) is 14.8. The van der Waals surface area contributed by atoms with Crippen molar-refractivity contribution in [1.29, 1.82) is 0 Å². The van der Waals surface area contributed by atoms with Crippen molar-refractivity contribution in [2.45, 2.75) is 136 Å². The minimum atomic E-state index is -0.513. The lowest BCUT2D eigenvalue weighted by Gasteiger charge is -2.61.